The zero-order valence-electron chi connectivity index (χ0n) is 27.1. The van der Waals surface area contributed by atoms with Crippen molar-refractivity contribution >= 4 is 75.3 Å². The van der Waals surface area contributed by atoms with Gasteiger partial charge in [-0.1, -0.05) is 106 Å². The molecule has 1 heterocycles. The first kappa shape index (κ1) is 38.7. The lowest BCUT2D eigenvalue weighted by Gasteiger charge is -2.52. The molecule has 0 spiro atoms. The molecule has 246 valence electrons. The molecule has 1 saturated heterocycles. The first-order valence-corrected chi connectivity index (χ1v) is 22.1. The number of alkyl halides is 3. The molecule has 1 N–H and O–H groups in total. The summed E-state index contributed by atoms with van der Waals surface area (Å²) in [7, 11) is -4.93. The maximum atomic E-state index is 13.2. The average molecular weight is 717 g/mol. The van der Waals surface area contributed by atoms with E-state index < -0.39 is 68.9 Å². The van der Waals surface area contributed by atoms with E-state index in [-0.39, 0.29) is 16.7 Å². The minimum atomic E-state index is -2.49. The maximum absolute atomic E-state index is 13.2. The van der Waals surface area contributed by atoms with Crippen molar-refractivity contribution in [1.82, 2.24) is 5.32 Å². The van der Waals surface area contributed by atoms with E-state index in [4.69, 9.17) is 57.9 Å². The molecule has 1 aliphatic heterocycles. The van der Waals surface area contributed by atoms with Crippen LogP contribution in [0, 0.1) is 0 Å². The van der Waals surface area contributed by atoms with Crippen molar-refractivity contribution in [1.29, 1.82) is 0 Å². The summed E-state index contributed by atoms with van der Waals surface area (Å²) in [5, 5.41) is 2.65. The van der Waals surface area contributed by atoms with E-state index in [1.54, 1.807) is 0 Å². The summed E-state index contributed by atoms with van der Waals surface area (Å²) >= 11 is 19.0. The van der Waals surface area contributed by atoms with E-state index in [0.29, 0.717) is 0 Å². The van der Waals surface area contributed by atoms with Crippen LogP contribution in [-0.4, -0.2) is 75.5 Å². The highest BCUT2D eigenvalue weighted by molar-refractivity contribution is 7.99. The number of thioether (sulfide) groups is 1. The summed E-state index contributed by atoms with van der Waals surface area (Å²) in [6, 6.07) is 8.93. The van der Waals surface area contributed by atoms with Crippen LogP contribution in [0.2, 0.25) is 36.3 Å². The third-order valence-electron chi connectivity index (χ3n) is 8.22. The summed E-state index contributed by atoms with van der Waals surface area (Å²) in [6.07, 6.45) is -2.83. The van der Waals surface area contributed by atoms with Gasteiger partial charge in [-0.05, 0) is 48.4 Å². The minimum absolute atomic E-state index is 0.0394. The van der Waals surface area contributed by atoms with Gasteiger partial charge in [0.15, 0.2) is 16.6 Å². The van der Waals surface area contributed by atoms with Gasteiger partial charge in [0, 0.05) is 11.8 Å². The zero-order valence-corrected chi connectivity index (χ0v) is 32.2. The number of nitrogens with one attached hydrogen (secondary N) is 1. The molecule has 0 aromatic heterocycles. The van der Waals surface area contributed by atoms with Crippen molar-refractivity contribution in [2.45, 2.75) is 123 Å². The third-order valence-corrected chi connectivity index (χ3v) is 18.7. The second-order valence-electron chi connectivity index (χ2n) is 13.8. The molecule has 43 heavy (non-hydrogen) atoms. The van der Waals surface area contributed by atoms with Gasteiger partial charge in [0.1, 0.15) is 30.9 Å². The van der Waals surface area contributed by atoms with Gasteiger partial charge >= 0.3 is 12.1 Å². The van der Waals surface area contributed by atoms with Crippen molar-refractivity contribution < 1.29 is 32.7 Å². The number of halogens is 3. The predicted molar refractivity (Wildman–Crippen MR) is 180 cm³/mol. The van der Waals surface area contributed by atoms with Gasteiger partial charge in [0.05, 0.1) is 12.1 Å². The van der Waals surface area contributed by atoms with Crippen LogP contribution in [0.1, 0.15) is 48.5 Å². The number of ether oxygens (including phenoxy) is 3. The van der Waals surface area contributed by atoms with Gasteiger partial charge in [-0.15, -0.1) is 0 Å². The quantitative estimate of drug-likeness (QED) is 0.147. The summed E-state index contributed by atoms with van der Waals surface area (Å²) in [5.74, 6) is -0.431. The molecule has 2 rings (SSSR count). The Morgan fingerprint density at radius 1 is 0.884 bits per heavy atom. The van der Waals surface area contributed by atoms with Crippen LogP contribution < -0.4 is 5.32 Å². The Kier molecular flexibility index (Phi) is 13.4. The van der Waals surface area contributed by atoms with E-state index in [0.717, 1.165) is 4.90 Å². The smallest absolute Gasteiger partial charge is 0.407 e. The number of esters is 1. The monoisotopic (exact) mass is 715 g/mol. The standard InChI is InChI=1S/C29H48Cl3NO7SSi2/c1-19(34)36-17-21-23(39-42(8,9)27(2,3)4)24(40-43(10,11)28(5,6)7)22(33-26(35)37-18-29(30,31)32)25(38-21)41-20-15-13-12-14-16-20/h12-16,21-25H,17-18H2,1-11H3,(H,33,35)/t21?,22?,23-,24?,25+/m1/s1. The number of rotatable bonds is 10. The topological polar surface area (TPSA) is 92.3 Å². The summed E-state index contributed by atoms with van der Waals surface area (Å²) in [4.78, 5) is 26.1. The van der Waals surface area contributed by atoms with Crippen LogP contribution in [0.4, 0.5) is 4.79 Å². The molecule has 0 radical (unpaired) electrons. The highest BCUT2D eigenvalue weighted by Crippen LogP contribution is 2.45. The van der Waals surface area contributed by atoms with E-state index in [2.05, 4.69) is 73.0 Å². The van der Waals surface area contributed by atoms with Crippen molar-refractivity contribution in [2.75, 3.05) is 13.2 Å². The second kappa shape index (κ2) is 14.9. The minimum Gasteiger partial charge on any atom is -0.463 e. The third kappa shape index (κ3) is 11.7. The van der Waals surface area contributed by atoms with E-state index in [1.807, 2.05) is 30.3 Å². The molecule has 1 aromatic rings. The Hall–Kier alpha value is -0.506. The van der Waals surface area contributed by atoms with Crippen molar-refractivity contribution in [3.63, 3.8) is 0 Å². The molecule has 8 nitrogen and oxygen atoms in total. The Morgan fingerprint density at radius 3 is 1.86 bits per heavy atom. The first-order chi connectivity index (χ1) is 19.4. The number of amides is 1. The fraction of sp³-hybridized carbons (Fsp3) is 0.724. The molecule has 1 aliphatic rings. The maximum Gasteiger partial charge on any atom is 0.407 e. The number of carbonyl (C=O) groups excluding carboxylic acids is 2. The van der Waals surface area contributed by atoms with E-state index >= 15 is 0 Å². The van der Waals surface area contributed by atoms with Gasteiger partial charge in [-0.25, -0.2) is 4.79 Å². The van der Waals surface area contributed by atoms with Gasteiger partial charge in [-0.3, -0.25) is 4.79 Å². The molecule has 0 aliphatic carbocycles. The zero-order chi connectivity index (χ0) is 33.0. The number of hydrogen-bond acceptors (Lipinski definition) is 8. The van der Waals surface area contributed by atoms with Crippen LogP contribution >= 0.6 is 46.6 Å². The van der Waals surface area contributed by atoms with Crippen LogP contribution in [0.3, 0.4) is 0 Å². The van der Waals surface area contributed by atoms with Crippen molar-refractivity contribution in [3.05, 3.63) is 30.3 Å². The lowest BCUT2D eigenvalue weighted by molar-refractivity contribution is -0.175. The van der Waals surface area contributed by atoms with E-state index in [1.165, 1.54) is 18.7 Å². The molecular weight excluding hydrogens is 669 g/mol. The lowest BCUT2D eigenvalue weighted by Crippen LogP contribution is -2.69. The summed E-state index contributed by atoms with van der Waals surface area (Å²) in [5.41, 5.74) is -0.669. The molecule has 1 aromatic carbocycles. The number of carbonyl (C=O) groups is 2. The fourth-order valence-corrected chi connectivity index (χ4v) is 7.71. The highest BCUT2D eigenvalue weighted by atomic mass is 35.6. The first-order valence-electron chi connectivity index (χ1n) is 14.3. The van der Waals surface area contributed by atoms with Gasteiger partial charge in [0.2, 0.25) is 3.79 Å². The van der Waals surface area contributed by atoms with Crippen LogP contribution in [0.25, 0.3) is 0 Å². The van der Waals surface area contributed by atoms with Gasteiger partial charge in [-0.2, -0.15) is 0 Å². The molecule has 14 heteroatoms. The predicted octanol–water partition coefficient (Wildman–Crippen LogP) is 8.31. The normalized spacial score (nSPS) is 23.9. The lowest BCUT2D eigenvalue weighted by atomic mass is 9.98. The Bertz CT molecular complexity index is 1080. The Labute approximate surface area is 278 Å². The van der Waals surface area contributed by atoms with Crippen molar-refractivity contribution in [2.24, 2.45) is 0 Å². The molecule has 3 unspecified atom stereocenters. The number of alkyl carbamates (subject to hydrolysis) is 1. The number of hydrogen-bond donors (Lipinski definition) is 1. The fourth-order valence-electron chi connectivity index (χ4n) is 3.77. The van der Waals surface area contributed by atoms with E-state index in [9.17, 15) is 9.59 Å². The molecule has 1 fully saturated rings. The SMILES string of the molecule is CC(=O)OCC1O[C@@H](Sc2ccccc2)C(NC(=O)OCC(Cl)(Cl)Cl)C(O[Si](C)(C)C(C)(C)C)[C@@H]1O[Si](C)(C)C(C)(C)C. The van der Waals surface area contributed by atoms with Gasteiger partial charge < -0.3 is 28.4 Å². The number of benzene rings is 1. The van der Waals surface area contributed by atoms with Crippen LogP contribution in [-0.2, 0) is 27.9 Å². The van der Waals surface area contributed by atoms with Gasteiger partial charge in [0.25, 0.3) is 0 Å². The average Bonchev–Trinajstić information content (AvgIpc) is 2.83. The molecule has 0 bridgehead atoms. The Balaban J connectivity index is 2.70. The van der Waals surface area contributed by atoms with Crippen LogP contribution in [0.15, 0.2) is 35.2 Å². The summed E-state index contributed by atoms with van der Waals surface area (Å²) < 4.78 is 29.9. The van der Waals surface area contributed by atoms with Crippen molar-refractivity contribution in [3.8, 4) is 0 Å². The second-order valence-corrected chi connectivity index (χ2v) is 27.0. The molecule has 1 amide bonds. The largest absolute Gasteiger partial charge is 0.463 e. The molecule has 5 atom stereocenters. The molecular formula is C29H48Cl3NO7SSi2. The molecule has 0 saturated carbocycles. The highest BCUT2D eigenvalue weighted by Gasteiger charge is 2.55. The Morgan fingerprint density at radius 2 is 1.40 bits per heavy atom. The summed E-state index contributed by atoms with van der Waals surface area (Å²) in [6.45, 7) is 22.3. The van der Waals surface area contributed by atoms with Crippen LogP contribution in [0.5, 0.6) is 0 Å².